The van der Waals surface area contributed by atoms with Crippen molar-refractivity contribution in [3.63, 3.8) is 0 Å². The van der Waals surface area contributed by atoms with Gasteiger partial charge in [0.25, 0.3) is 0 Å². The molecule has 0 radical (unpaired) electrons. The van der Waals surface area contributed by atoms with Gasteiger partial charge in [0, 0.05) is 42.9 Å². The van der Waals surface area contributed by atoms with E-state index in [2.05, 4.69) is 20.2 Å². The second-order valence-corrected chi connectivity index (χ2v) is 9.47. The van der Waals surface area contributed by atoms with Crippen LogP contribution in [0.25, 0.3) is 22.2 Å². The fraction of sp³-hybridized carbons (Fsp3) is 0.423. The average Bonchev–Trinajstić information content (AvgIpc) is 2.85. The lowest BCUT2D eigenvalue weighted by atomic mass is 10.00. The van der Waals surface area contributed by atoms with Crippen LogP contribution in [0.2, 0.25) is 5.02 Å². The summed E-state index contributed by atoms with van der Waals surface area (Å²) >= 11 is 6.00. The lowest BCUT2D eigenvalue weighted by molar-refractivity contribution is -0.120. The summed E-state index contributed by atoms with van der Waals surface area (Å²) in [5.74, 6) is -0.525. The van der Waals surface area contributed by atoms with Crippen LogP contribution in [0.4, 0.5) is 4.39 Å². The van der Waals surface area contributed by atoms with Crippen molar-refractivity contribution in [2.45, 2.75) is 32.7 Å². The van der Waals surface area contributed by atoms with Crippen molar-refractivity contribution in [2.75, 3.05) is 39.5 Å². The van der Waals surface area contributed by atoms with Crippen LogP contribution in [-0.2, 0) is 16.0 Å². The summed E-state index contributed by atoms with van der Waals surface area (Å²) in [5, 5.41) is 3.09. The monoisotopic (exact) mass is 516 g/mol. The van der Waals surface area contributed by atoms with E-state index in [-0.39, 0.29) is 34.4 Å². The van der Waals surface area contributed by atoms with Crippen molar-refractivity contribution in [3.05, 3.63) is 57.1 Å². The van der Waals surface area contributed by atoms with Gasteiger partial charge in [-0.3, -0.25) is 14.5 Å². The van der Waals surface area contributed by atoms with Crippen molar-refractivity contribution in [3.8, 4) is 17.1 Å². The summed E-state index contributed by atoms with van der Waals surface area (Å²) in [5.41, 5.74) is 1.31. The first-order valence-corrected chi connectivity index (χ1v) is 12.4. The molecular weight excluding hydrogens is 487 g/mol. The first-order chi connectivity index (χ1) is 17.3. The molecule has 8 nitrogen and oxygen atoms in total. The molecule has 3 aromatic rings. The molecule has 2 N–H and O–H groups in total. The third-order valence-corrected chi connectivity index (χ3v) is 6.22. The summed E-state index contributed by atoms with van der Waals surface area (Å²) in [6.07, 6.45) is 2.20. The van der Waals surface area contributed by atoms with E-state index in [9.17, 15) is 14.0 Å². The number of carbonyl (C=O) groups is 1. The van der Waals surface area contributed by atoms with E-state index in [1.807, 2.05) is 13.8 Å². The first-order valence-electron chi connectivity index (χ1n) is 12.0. The number of benzene rings is 1. The minimum absolute atomic E-state index is 0.0787. The third kappa shape index (κ3) is 6.40. The van der Waals surface area contributed by atoms with E-state index in [1.165, 1.54) is 24.4 Å². The Balaban J connectivity index is 1.62. The van der Waals surface area contributed by atoms with E-state index in [0.717, 1.165) is 39.3 Å². The van der Waals surface area contributed by atoms with Crippen LogP contribution in [0.1, 0.15) is 25.8 Å². The largest absolute Gasteiger partial charge is 0.478 e. The number of aromatic amines is 1. The zero-order valence-electron chi connectivity index (χ0n) is 20.4. The zero-order chi connectivity index (χ0) is 25.7. The quantitative estimate of drug-likeness (QED) is 0.422. The van der Waals surface area contributed by atoms with Gasteiger partial charge in [0.05, 0.1) is 54.1 Å². The summed E-state index contributed by atoms with van der Waals surface area (Å²) in [4.78, 5) is 36.0. The highest BCUT2D eigenvalue weighted by atomic mass is 35.5. The molecule has 1 aliphatic rings. The Morgan fingerprint density at radius 2 is 2.08 bits per heavy atom. The Morgan fingerprint density at radius 1 is 1.31 bits per heavy atom. The lowest BCUT2D eigenvalue weighted by Gasteiger charge is -2.26. The normalized spacial score (nSPS) is 14.4. The van der Waals surface area contributed by atoms with Gasteiger partial charge in [-0.15, -0.1) is 0 Å². The fourth-order valence-corrected chi connectivity index (χ4v) is 4.36. The number of nitrogens with one attached hydrogen (secondary N) is 2. The van der Waals surface area contributed by atoms with Crippen molar-refractivity contribution in [1.82, 2.24) is 20.2 Å². The van der Waals surface area contributed by atoms with Crippen molar-refractivity contribution in [2.24, 2.45) is 0 Å². The second kappa shape index (κ2) is 11.8. The molecule has 0 saturated carbocycles. The highest BCUT2D eigenvalue weighted by Crippen LogP contribution is 2.27. The molecule has 1 fully saturated rings. The highest BCUT2D eigenvalue weighted by molar-refractivity contribution is 6.31. The molecule has 3 heterocycles. The van der Waals surface area contributed by atoms with Crippen LogP contribution in [-0.4, -0.2) is 66.3 Å². The van der Waals surface area contributed by atoms with Gasteiger partial charge in [0.15, 0.2) is 5.43 Å². The number of rotatable bonds is 9. The first kappa shape index (κ1) is 26.1. The SMILES string of the molecule is CC(C)NC(=O)Cc1c(-c2ccc(F)c(Cl)c2)[nH]c2cnc(OCCCN3CCOCC3)cc2c1=O. The van der Waals surface area contributed by atoms with E-state index in [1.54, 1.807) is 6.07 Å². The summed E-state index contributed by atoms with van der Waals surface area (Å²) in [6, 6.07) is 5.68. The smallest absolute Gasteiger partial charge is 0.224 e. The molecule has 1 amide bonds. The lowest BCUT2D eigenvalue weighted by Crippen LogP contribution is -2.37. The maximum absolute atomic E-state index is 13.8. The third-order valence-electron chi connectivity index (χ3n) is 5.93. The van der Waals surface area contributed by atoms with Gasteiger partial charge in [-0.05, 0) is 38.5 Å². The number of nitrogens with zero attached hydrogens (tertiary/aromatic N) is 2. The number of halogens is 2. The van der Waals surface area contributed by atoms with Crippen LogP contribution < -0.4 is 15.5 Å². The Kier molecular flexibility index (Phi) is 8.56. The maximum atomic E-state index is 13.8. The van der Waals surface area contributed by atoms with E-state index in [0.29, 0.717) is 34.6 Å². The fourth-order valence-electron chi connectivity index (χ4n) is 4.18. The van der Waals surface area contributed by atoms with Crippen LogP contribution in [0.5, 0.6) is 5.88 Å². The van der Waals surface area contributed by atoms with Gasteiger partial charge in [-0.1, -0.05) is 11.6 Å². The predicted octanol–water partition coefficient (Wildman–Crippen LogP) is 3.55. The Labute approximate surface area is 213 Å². The molecule has 10 heteroatoms. The zero-order valence-corrected chi connectivity index (χ0v) is 21.2. The summed E-state index contributed by atoms with van der Waals surface area (Å²) < 4.78 is 25.0. The number of ether oxygens (including phenoxy) is 2. The van der Waals surface area contributed by atoms with Gasteiger partial charge >= 0.3 is 0 Å². The standard InChI is InChI=1S/C26H30ClFN4O4/c1-16(2)30-23(33)13-19-25(17-4-5-21(28)20(27)12-17)31-22-15-29-24(14-18(22)26(19)34)36-9-3-6-32-7-10-35-11-8-32/h4-5,12,14-16H,3,6-11,13H2,1-2H3,(H,30,33)(H,31,34). The molecule has 2 aromatic heterocycles. The Hall–Kier alpha value is -3.01. The van der Waals surface area contributed by atoms with Gasteiger partial charge < -0.3 is 19.8 Å². The maximum Gasteiger partial charge on any atom is 0.224 e. The predicted molar refractivity (Wildman–Crippen MR) is 137 cm³/mol. The molecule has 1 saturated heterocycles. The van der Waals surface area contributed by atoms with E-state index >= 15 is 0 Å². The van der Waals surface area contributed by atoms with Gasteiger partial charge in [-0.2, -0.15) is 0 Å². The number of aromatic nitrogens is 2. The molecule has 4 rings (SSSR count). The molecule has 1 aliphatic heterocycles. The number of fused-ring (bicyclic) bond motifs is 1. The van der Waals surface area contributed by atoms with Crippen LogP contribution in [0.3, 0.4) is 0 Å². The molecule has 1 aromatic carbocycles. The number of hydrogen-bond acceptors (Lipinski definition) is 6. The van der Waals surface area contributed by atoms with Gasteiger partial charge in [0.1, 0.15) is 5.82 Å². The van der Waals surface area contributed by atoms with E-state index < -0.39 is 5.82 Å². The number of amides is 1. The number of hydrogen-bond donors (Lipinski definition) is 2. The van der Waals surface area contributed by atoms with Crippen molar-refractivity contribution in [1.29, 1.82) is 0 Å². The number of H-pyrrole nitrogens is 1. The number of carbonyl (C=O) groups excluding carboxylic acids is 1. The molecule has 0 unspecified atom stereocenters. The molecule has 0 bridgehead atoms. The second-order valence-electron chi connectivity index (χ2n) is 9.06. The number of morpholine rings is 1. The summed E-state index contributed by atoms with van der Waals surface area (Å²) in [6.45, 7) is 8.38. The molecule has 192 valence electrons. The van der Waals surface area contributed by atoms with Gasteiger partial charge in [0.2, 0.25) is 11.8 Å². The highest BCUT2D eigenvalue weighted by Gasteiger charge is 2.19. The number of pyridine rings is 2. The molecule has 36 heavy (non-hydrogen) atoms. The molecule has 0 spiro atoms. The molecule has 0 atom stereocenters. The molecule has 0 aliphatic carbocycles. The summed E-state index contributed by atoms with van der Waals surface area (Å²) in [7, 11) is 0. The van der Waals surface area contributed by atoms with Crippen LogP contribution in [0, 0.1) is 5.82 Å². The topological polar surface area (TPSA) is 96.6 Å². The molecular formula is C26H30ClFN4O4. The van der Waals surface area contributed by atoms with Crippen LogP contribution in [0.15, 0.2) is 35.3 Å². The minimum Gasteiger partial charge on any atom is -0.478 e. The van der Waals surface area contributed by atoms with Crippen LogP contribution >= 0.6 is 11.6 Å². The van der Waals surface area contributed by atoms with Gasteiger partial charge in [-0.25, -0.2) is 9.37 Å². The average molecular weight is 517 g/mol. The minimum atomic E-state index is -0.570. The van der Waals surface area contributed by atoms with Crippen molar-refractivity contribution < 1.29 is 18.7 Å². The van der Waals surface area contributed by atoms with E-state index in [4.69, 9.17) is 21.1 Å². The Morgan fingerprint density at radius 3 is 2.81 bits per heavy atom. The van der Waals surface area contributed by atoms with Crippen molar-refractivity contribution >= 4 is 28.4 Å². The Bertz CT molecular complexity index is 1290.